The van der Waals surface area contributed by atoms with Crippen LogP contribution in [0.3, 0.4) is 0 Å². The lowest BCUT2D eigenvalue weighted by Gasteiger charge is -2.74. The topological polar surface area (TPSA) is 29.5 Å². The lowest BCUT2D eigenvalue weighted by Crippen LogP contribution is -2.69. The molecule has 7 aliphatic rings. The molecular formula is C30H50O2. The van der Waals surface area contributed by atoms with Crippen LogP contribution in [-0.4, -0.2) is 23.9 Å². The van der Waals surface area contributed by atoms with Gasteiger partial charge in [0.2, 0.25) is 0 Å². The Hall–Kier alpha value is -0.0800. The normalized spacial score (nSPS) is 60.0. The van der Waals surface area contributed by atoms with Crippen molar-refractivity contribution in [3.05, 3.63) is 0 Å². The van der Waals surface area contributed by atoms with Crippen molar-refractivity contribution in [2.24, 2.45) is 62.6 Å². The first kappa shape index (κ1) is 22.4. The zero-order valence-corrected chi connectivity index (χ0v) is 22.0. The number of fused-ring (bicyclic) bond motifs is 7. The second-order valence-corrected chi connectivity index (χ2v) is 15.5. The van der Waals surface area contributed by atoms with Gasteiger partial charge in [-0.25, -0.2) is 0 Å². The highest BCUT2D eigenvalue weighted by Gasteiger charge is 2.70. The Kier molecular flexibility index (Phi) is 4.59. The van der Waals surface area contributed by atoms with Gasteiger partial charge in [0.25, 0.3) is 0 Å². The zero-order chi connectivity index (χ0) is 22.9. The maximum absolute atomic E-state index is 10.9. The number of hydrogen-bond donors (Lipinski definition) is 1. The van der Waals surface area contributed by atoms with Gasteiger partial charge in [-0.2, -0.15) is 0 Å². The van der Waals surface area contributed by atoms with Crippen molar-refractivity contribution in [3.8, 4) is 0 Å². The standard InChI is InChI=1S/C30H50O2/c1-26(2)16-18-17-32-25(26)24-19(18)10-14-29(6)20(24)8-9-22-28(5)13-12-23(31)27(3,4)21(28)11-15-30(22,29)7/h18-25,31H,8-17H2,1-7H3/t18-,19?,20?,21?,22?,23-,24?,25+,28-,29+,30+/m0/s1. The molecule has 2 saturated heterocycles. The molecule has 0 aromatic carbocycles. The van der Waals surface area contributed by atoms with Crippen LogP contribution in [0.4, 0.5) is 0 Å². The Bertz CT molecular complexity index is 786. The minimum atomic E-state index is -0.121. The van der Waals surface area contributed by atoms with Gasteiger partial charge in [0, 0.05) is 0 Å². The number of aliphatic hydroxyl groups is 1. The average Bonchev–Trinajstić information content (AvgIpc) is 2.71. The van der Waals surface area contributed by atoms with E-state index in [0.717, 1.165) is 42.6 Å². The van der Waals surface area contributed by atoms with E-state index in [0.29, 0.717) is 33.7 Å². The number of ether oxygens (including phenoxy) is 1. The molecule has 2 heteroatoms. The maximum atomic E-state index is 10.9. The fourth-order valence-corrected chi connectivity index (χ4v) is 12.2. The van der Waals surface area contributed by atoms with Crippen LogP contribution < -0.4 is 0 Å². The molecule has 0 spiro atoms. The van der Waals surface area contributed by atoms with Gasteiger partial charge in [-0.15, -0.1) is 0 Å². The zero-order valence-electron chi connectivity index (χ0n) is 22.0. The monoisotopic (exact) mass is 442 g/mol. The predicted octanol–water partition coefficient (Wildman–Crippen LogP) is 7.09. The van der Waals surface area contributed by atoms with Crippen molar-refractivity contribution in [1.29, 1.82) is 0 Å². The van der Waals surface area contributed by atoms with E-state index < -0.39 is 0 Å². The molecule has 7 rings (SSSR count). The molecule has 0 aromatic heterocycles. The summed E-state index contributed by atoms with van der Waals surface area (Å²) in [7, 11) is 0. The van der Waals surface area contributed by atoms with E-state index in [4.69, 9.17) is 4.74 Å². The maximum Gasteiger partial charge on any atom is 0.0659 e. The van der Waals surface area contributed by atoms with E-state index in [1.165, 1.54) is 51.4 Å². The Morgan fingerprint density at radius 3 is 2.19 bits per heavy atom. The van der Waals surface area contributed by atoms with Gasteiger partial charge >= 0.3 is 0 Å². The third-order valence-corrected chi connectivity index (χ3v) is 13.9. The fraction of sp³-hybridized carbons (Fsp3) is 1.00. The predicted molar refractivity (Wildman–Crippen MR) is 130 cm³/mol. The quantitative estimate of drug-likeness (QED) is 0.434. The van der Waals surface area contributed by atoms with E-state index in [9.17, 15) is 5.11 Å². The van der Waals surface area contributed by atoms with E-state index in [1.54, 1.807) is 0 Å². The second kappa shape index (κ2) is 6.57. The van der Waals surface area contributed by atoms with E-state index in [1.807, 2.05) is 0 Å². The molecule has 7 fully saturated rings. The molecule has 2 aliphatic heterocycles. The first-order valence-corrected chi connectivity index (χ1v) is 14.2. The van der Waals surface area contributed by atoms with Crippen molar-refractivity contribution in [3.63, 3.8) is 0 Å². The average molecular weight is 443 g/mol. The summed E-state index contributed by atoms with van der Waals surface area (Å²) < 4.78 is 6.64. The first-order chi connectivity index (χ1) is 14.9. The van der Waals surface area contributed by atoms with Gasteiger partial charge in [-0.1, -0.05) is 48.5 Å². The van der Waals surface area contributed by atoms with Crippen LogP contribution in [0.1, 0.15) is 106 Å². The lowest BCUT2D eigenvalue weighted by molar-refractivity contribution is -0.285. The van der Waals surface area contributed by atoms with Crippen LogP contribution in [0, 0.1) is 62.6 Å². The van der Waals surface area contributed by atoms with Gasteiger partial charge in [-0.05, 0) is 120 Å². The van der Waals surface area contributed by atoms with Gasteiger partial charge in [0.15, 0.2) is 0 Å². The summed E-state index contributed by atoms with van der Waals surface area (Å²) in [6.07, 6.45) is 12.4. The third-order valence-electron chi connectivity index (χ3n) is 13.9. The molecule has 0 aromatic rings. The van der Waals surface area contributed by atoms with E-state index in [-0.39, 0.29) is 11.5 Å². The molecule has 0 amide bonds. The molecule has 0 radical (unpaired) electrons. The molecule has 1 N–H and O–H groups in total. The number of aliphatic hydroxyl groups excluding tert-OH is 1. The molecule has 2 nitrogen and oxygen atoms in total. The van der Waals surface area contributed by atoms with Crippen LogP contribution >= 0.6 is 0 Å². The van der Waals surface area contributed by atoms with Gasteiger partial charge < -0.3 is 9.84 Å². The smallest absolute Gasteiger partial charge is 0.0659 e. The van der Waals surface area contributed by atoms with E-state index in [2.05, 4.69) is 48.5 Å². The number of rotatable bonds is 0. The number of hydrogen-bond acceptors (Lipinski definition) is 2. The van der Waals surface area contributed by atoms with Crippen LogP contribution in [0.25, 0.3) is 0 Å². The Labute approximate surface area is 197 Å². The van der Waals surface area contributed by atoms with Crippen molar-refractivity contribution < 1.29 is 9.84 Å². The molecule has 5 unspecified atom stereocenters. The third kappa shape index (κ3) is 2.51. The van der Waals surface area contributed by atoms with Crippen molar-refractivity contribution in [1.82, 2.24) is 0 Å². The van der Waals surface area contributed by atoms with Crippen LogP contribution in [0.2, 0.25) is 0 Å². The van der Waals surface area contributed by atoms with Crippen molar-refractivity contribution in [2.45, 2.75) is 118 Å². The van der Waals surface area contributed by atoms with Crippen molar-refractivity contribution in [2.75, 3.05) is 6.61 Å². The minimum absolute atomic E-state index is 0.0597. The second-order valence-electron chi connectivity index (χ2n) is 15.5. The fourth-order valence-electron chi connectivity index (χ4n) is 12.2. The summed E-state index contributed by atoms with van der Waals surface area (Å²) in [6.45, 7) is 18.9. The van der Waals surface area contributed by atoms with Gasteiger partial charge in [0.1, 0.15) is 0 Å². The molecule has 182 valence electrons. The van der Waals surface area contributed by atoms with Crippen molar-refractivity contribution >= 4 is 0 Å². The molecular weight excluding hydrogens is 392 g/mol. The highest BCUT2D eigenvalue weighted by atomic mass is 16.5. The Morgan fingerprint density at radius 1 is 0.750 bits per heavy atom. The largest absolute Gasteiger partial charge is 0.393 e. The highest BCUT2D eigenvalue weighted by molar-refractivity contribution is 5.19. The SMILES string of the molecule is CC1(C)C[C@H]2CO[C@@H]1C1C2CC[C@]2(C)C1CCC1[C@@]3(C)CC[C@H](O)C(C)(C)C3CC[C@]12C. The molecule has 32 heavy (non-hydrogen) atoms. The first-order valence-electron chi connectivity index (χ1n) is 14.2. The highest BCUT2D eigenvalue weighted by Crippen LogP contribution is 2.76. The lowest BCUT2D eigenvalue weighted by atomic mass is 9.32. The molecule has 5 saturated carbocycles. The minimum Gasteiger partial charge on any atom is -0.393 e. The summed E-state index contributed by atoms with van der Waals surface area (Å²) in [5, 5.41) is 10.9. The summed E-state index contributed by atoms with van der Waals surface area (Å²) >= 11 is 0. The van der Waals surface area contributed by atoms with Gasteiger partial charge in [-0.3, -0.25) is 0 Å². The van der Waals surface area contributed by atoms with E-state index >= 15 is 0 Å². The molecule has 2 heterocycles. The summed E-state index contributed by atoms with van der Waals surface area (Å²) in [4.78, 5) is 0. The summed E-state index contributed by atoms with van der Waals surface area (Å²) in [6, 6.07) is 0. The molecule has 2 bridgehead atoms. The molecule has 5 aliphatic carbocycles. The molecule has 11 atom stereocenters. The summed E-state index contributed by atoms with van der Waals surface area (Å²) in [5.74, 6) is 4.86. The van der Waals surface area contributed by atoms with Crippen LogP contribution in [0.15, 0.2) is 0 Å². The Balaban J connectivity index is 1.38. The van der Waals surface area contributed by atoms with Crippen LogP contribution in [-0.2, 0) is 4.74 Å². The van der Waals surface area contributed by atoms with Gasteiger partial charge in [0.05, 0.1) is 18.8 Å². The Morgan fingerprint density at radius 2 is 1.47 bits per heavy atom. The summed E-state index contributed by atoms with van der Waals surface area (Å²) in [5.41, 5.74) is 1.69. The van der Waals surface area contributed by atoms with Crippen LogP contribution in [0.5, 0.6) is 0 Å².